The van der Waals surface area contributed by atoms with Gasteiger partial charge in [-0.3, -0.25) is 9.59 Å². The lowest BCUT2D eigenvalue weighted by Gasteiger charge is -2.07. The maximum atomic E-state index is 12.2. The van der Waals surface area contributed by atoms with Crippen molar-refractivity contribution < 1.29 is 19.5 Å². The van der Waals surface area contributed by atoms with Crippen molar-refractivity contribution in [3.63, 3.8) is 0 Å². The fraction of sp³-hybridized carbons (Fsp3) is 0.0526. The highest BCUT2D eigenvalue weighted by atomic mass is 16.4. The minimum absolute atomic E-state index is 0.00405. The van der Waals surface area contributed by atoms with Crippen molar-refractivity contribution in [3.05, 3.63) is 65.2 Å². The van der Waals surface area contributed by atoms with Crippen LogP contribution < -0.4 is 15.7 Å². The molecule has 0 atom stereocenters. The summed E-state index contributed by atoms with van der Waals surface area (Å²) in [5.74, 6) is -2.12. The Morgan fingerprint density at radius 2 is 1.50 bits per heavy atom. The van der Waals surface area contributed by atoms with Gasteiger partial charge in [0.25, 0.3) is 5.91 Å². The summed E-state index contributed by atoms with van der Waals surface area (Å²) in [6.45, 7) is 1.39. The van der Waals surface area contributed by atoms with E-state index in [1.54, 1.807) is 24.3 Å². The lowest BCUT2D eigenvalue weighted by molar-refractivity contribution is -0.255. The Balaban J connectivity index is 2.11. The van der Waals surface area contributed by atoms with Crippen molar-refractivity contribution in [1.29, 1.82) is 5.26 Å². The molecule has 0 unspecified atom stereocenters. The molecule has 0 radical (unpaired) electrons. The number of benzene rings is 2. The van der Waals surface area contributed by atoms with E-state index in [-0.39, 0.29) is 17.0 Å². The van der Waals surface area contributed by atoms with Crippen LogP contribution in [0.4, 0.5) is 11.4 Å². The first-order valence-corrected chi connectivity index (χ1v) is 7.51. The third-order valence-electron chi connectivity index (χ3n) is 3.29. The summed E-state index contributed by atoms with van der Waals surface area (Å²) in [5.41, 5.74) is 1.40. The summed E-state index contributed by atoms with van der Waals surface area (Å²) in [6.07, 6.45) is 1.35. The van der Waals surface area contributed by atoms with Gasteiger partial charge in [0.15, 0.2) is 0 Å². The van der Waals surface area contributed by atoms with Gasteiger partial charge in [0.2, 0.25) is 5.91 Å². The van der Waals surface area contributed by atoms with E-state index in [0.717, 1.165) is 0 Å². The minimum atomic E-state index is -1.30. The Bertz CT molecular complexity index is 907. The molecule has 26 heavy (non-hydrogen) atoms. The molecule has 2 rings (SSSR count). The van der Waals surface area contributed by atoms with Crippen LogP contribution in [0.2, 0.25) is 0 Å². The second kappa shape index (κ2) is 8.26. The molecule has 0 saturated heterocycles. The van der Waals surface area contributed by atoms with Gasteiger partial charge in [0.1, 0.15) is 11.6 Å². The SMILES string of the molecule is CC(=O)Nc1ccc(NC(=O)/C(C#N)=C/c2ccc(C(=O)[O-])cc2)cc1. The van der Waals surface area contributed by atoms with Crippen LogP contribution in [0.25, 0.3) is 6.08 Å². The number of carbonyl (C=O) groups is 3. The number of rotatable bonds is 5. The van der Waals surface area contributed by atoms with Gasteiger partial charge < -0.3 is 20.5 Å². The van der Waals surface area contributed by atoms with Crippen LogP contribution in [0, 0.1) is 11.3 Å². The fourth-order valence-electron chi connectivity index (χ4n) is 2.07. The number of amides is 2. The average molecular weight is 348 g/mol. The molecule has 0 aliphatic carbocycles. The number of nitriles is 1. The Kier molecular flexibility index (Phi) is 5.85. The molecule has 7 heteroatoms. The first-order chi connectivity index (χ1) is 12.4. The first-order valence-electron chi connectivity index (χ1n) is 7.51. The molecule has 0 fully saturated rings. The number of aromatic carboxylic acids is 1. The highest BCUT2D eigenvalue weighted by molar-refractivity contribution is 6.09. The molecule has 7 nitrogen and oxygen atoms in total. The molecular formula is C19H14N3O4-. The predicted molar refractivity (Wildman–Crippen MR) is 93.7 cm³/mol. The topological polar surface area (TPSA) is 122 Å². The van der Waals surface area contributed by atoms with Gasteiger partial charge in [-0.2, -0.15) is 5.26 Å². The lowest BCUT2D eigenvalue weighted by Crippen LogP contribution is -2.21. The van der Waals surface area contributed by atoms with E-state index in [1.165, 1.54) is 37.3 Å². The van der Waals surface area contributed by atoms with Crippen molar-refractivity contribution in [2.75, 3.05) is 10.6 Å². The third-order valence-corrected chi connectivity index (χ3v) is 3.29. The molecule has 0 aliphatic heterocycles. The van der Waals surface area contributed by atoms with E-state index in [2.05, 4.69) is 10.6 Å². The molecule has 0 aromatic heterocycles. The zero-order chi connectivity index (χ0) is 19.1. The van der Waals surface area contributed by atoms with Crippen LogP contribution in [0.3, 0.4) is 0 Å². The second-order valence-electron chi connectivity index (χ2n) is 5.29. The number of hydrogen-bond acceptors (Lipinski definition) is 5. The molecular weight excluding hydrogens is 334 g/mol. The van der Waals surface area contributed by atoms with Gasteiger partial charge in [-0.05, 0) is 41.5 Å². The van der Waals surface area contributed by atoms with Crippen LogP contribution in [0.1, 0.15) is 22.8 Å². The molecule has 2 aromatic carbocycles. The number of hydrogen-bond donors (Lipinski definition) is 2. The smallest absolute Gasteiger partial charge is 0.266 e. The number of nitrogens with one attached hydrogen (secondary N) is 2. The van der Waals surface area contributed by atoms with Crippen molar-refractivity contribution in [1.82, 2.24) is 0 Å². The monoisotopic (exact) mass is 348 g/mol. The Labute approximate surface area is 149 Å². The van der Waals surface area contributed by atoms with Gasteiger partial charge in [0, 0.05) is 18.3 Å². The van der Waals surface area contributed by atoms with E-state index in [9.17, 15) is 24.8 Å². The number of carbonyl (C=O) groups excluding carboxylic acids is 3. The molecule has 0 saturated carbocycles. The summed E-state index contributed by atoms with van der Waals surface area (Å²) in [6, 6.07) is 13.8. The molecule has 2 N–H and O–H groups in total. The third kappa shape index (κ3) is 5.04. The minimum Gasteiger partial charge on any atom is -0.545 e. The standard InChI is InChI=1S/C19H15N3O4/c1-12(23)21-16-6-8-17(9-7-16)22-18(24)15(11-20)10-13-2-4-14(5-3-13)19(25)26/h2-10H,1H3,(H,21,23)(H,22,24)(H,25,26)/p-1/b15-10+. The van der Waals surface area contributed by atoms with Crippen LogP contribution in [0.5, 0.6) is 0 Å². The van der Waals surface area contributed by atoms with Crippen molar-refractivity contribution >= 4 is 35.2 Å². The zero-order valence-corrected chi connectivity index (χ0v) is 13.8. The average Bonchev–Trinajstić information content (AvgIpc) is 2.61. The molecule has 2 aromatic rings. The maximum absolute atomic E-state index is 12.2. The van der Waals surface area contributed by atoms with Gasteiger partial charge in [-0.1, -0.05) is 24.3 Å². The molecule has 130 valence electrons. The van der Waals surface area contributed by atoms with Crippen molar-refractivity contribution in [3.8, 4) is 6.07 Å². The van der Waals surface area contributed by atoms with E-state index in [4.69, 9.17) is 0 Å². The maximum Gasteiger partial charge on any atom is 0.266 e. The molecule has 0 bridgehead atoms. The number of anilines is 2. The molecule has 2 amide bonds. The molecule has 0 spiro atoms. The number of nitrogens with zero attached hydrogens (tertiary/aromatic N) is 1. The highest BCUT2D eigenvalue weighted by Gasteiger charge is 2.09. The van der Waals surface area contributed by atoms with Gasteiger partial charge in [0.05, 0.1) is 5.97 Å². The van der Waals surface area contributed by atoms with Crippen molar-refractivity contribution in [2.45, 2.75) is 6.92 Å². The summed E-state index contributed by atoms with van der Waals surface area (Å²) in [5, 5.41) is 25.1. The fourth-order valence-corrected chi connectivity index (χ4v) is 2.07. The quantitative estimate of drug-likeness (QED) is 0.627. The summed E-state index contributed by atoms with van der Waals surface area (Å²) < 4.78 is 0. The van der Waals surface area contributed by atoms with Crippen LogP contribution in [0.15, 0.2) is 54.1 Å². The highest BCUT2D eigenvalue weighted by Crippen LogP contribution is 2.15. The van der Waals surface area contributed by atoms with Crippen LogP contribution in [-0.2, 0) is 9.59 Å². The Morgan fingerprint density at radius 1 is 0.962 bits per heavy atom. The summed E-state index contributed by atoms with van der Waals surface area (Å²) in [4.78, 5) is 33.9. The summed E-state index contributed by atoms with van der Waals surface area (Å²) >= 11 is 0. The predicted octanol–water partition coefficient (Wildman–Crippen LogP) is 1.55. The van der Waals surface area contributed by atoms with Gasteiger partial charge in [-0.25, -0.2) is 0 Å². The van der Waals surface area contributed by atoms with E-state index in [1.807, 2.05) is 6.07 Å². The first kappa shape index (κ1) is 18.4. The Morgan fingerprint density at radius 3 is 1.96 bits per heavy atom. The lowest BCUT2D eigenvalue weighted by atomic mass is 10.1. The normalized spacial score (nSPS) is 10.5. The second-order valence-corrected chi connectivity index (χ2v) is 5.29. The summed E-state index contributed by atoms with van der Waals surface area (Å²) in [7, 11) is 0. The zero-order valence-electron chi connectivity index (χ0n) is 13.8. The van der Waals surface area contributed by atoms with Crippen molar-refractivity contribution in [2.24, 2.45) is 0 Å². The van der Waals surface area contributed by atoms with Crippen LogP contribution >= 0.6 is 0 Å². The number of carboxylic acids is 1. The molecule has 0 heterocycles. The largest absolute Gasteiger partial charge is 0.545 e. The molecule has 0 aliphatic rings. The Hall–Kier alpha value is -3.92. The van der Waals surface area contributed by atoms with Gasteiger partial charge in [-0.15, -0.1) is 0 Å². The number of carboxylic acid groups (broad SMARTS) is 1. The van der Waals surface area contributed by atoms with Crippen LogP contribution in [-0.4, -0.2) is 17.8 Å². The van der Waals surface area contributed by atoms with E-state index >= 15 is 0 Å². The van der Waals surface area contributed by atoms with E-state index in [0.29, 0.717) is 16.9 Å². The van der Waals surface area contributed by atoms with E-state index < -0.39 is 11.9 Å². The van der Waals surface area contributed by atoms with Gasteiger partial charge >= 0.3 is 0 Å².